The van der Waals surface area contributed by atoms with Gasteiger partial charge in [-0.2, -0.15) is 0 Å². The summed E-state index contributed by atoms with van der Waals surface area (Å²) in [5.41, 5.74) is 1.96. The summed E-state index contributed by atoms with van der Waals surface area (Å²) >= 11 is 0. The molecule has 0 saturated heterocycles. The third-order valence-corrected chi connectivity index (χ3v) is 4.66. The molecule has 0 aliphatic heterocycles. The standard InChI is InChI=1S/C22H22FNO4/c1-3-28-22(26)21-19(14-6-4-9-18(10-14)27-2)12-17(13-20(21)25)24-16-8-5-7-15(23)11-16/h4-11,13,19,21,24H,3,12H2,1-2H3/t19-,21-/m1/s1. The van der Waals surface area contributed by atoms with Crippen LogP contribution in [0.15, 0.2) is 60.3 Å². The minimum Gasteiger partial charge on any atom is -0.497 e. The van der Waals surface area contributed by atoms with Crippen LogP contribution < -0.4 is 10.1 Å². The Bertz CT molecular complexity index is 909. The molecule has 0 heterocycles. The van der Waals surface area contributed by atoms with E-state index >= 15 is 0 Å². The first-order chi connectivity index (χ1) is 13.5. The Morgan fingerprint density at radius 2 is 2.00 bits per heavy atom. The summed E-state index contributed by atoms with van der Waals surface area (Å²) in [6.45, 7) is 1.91. The maximum Gasteiger partial charge on any atom is 0.317 e. The molecule has 3 rings (SSSR count). The molecule has 28 heavy (non-hydrogen) atoms. The molecule has 6 heteroatoms. The smallest absolute Gasteiger partial charge is 0.317 e. The van der Waals surface area contributed by atoms with E-state index in [1.807, 2.05) is 18.2 Å². The number of ether oxygens (including phenoxy) is 2. The van der Waals surface area contributed by atoms with Crippen LogP contribution in [0.5, 0.6) is 5.75 Å². The van der Waals surface area contributed by atoms with E-state index in [1.165, 1.54) is 18.2 Å². The Kier molecular flexibility index (Phi) is 6.09. The lowest BCUT2D eigenvalue weighted by molar-refractivity contribution is -0.151. The van der Waals surface area contributed by atoms with Crippen molar-refractivity contribution in [3.63, 3.8) is 0 Å². The Morgan fingerprint density at radius 3 is 2.71 bits per heavy atom. The van der Waals surface area contributed by atoms with Gasteiger partial charge in [-0.1, -0.05) is 18.2 Å². The predicted octanol–water partition coefficient (Wildman–Crippen LogP) is 4.07. The van der Waals surface area contributed by atoms with Crippen molar-refractivity contribution in [1.82, 2.24) is 0 Å². The Labute approximate surface area is 163 Å². The zero-order valence-corrected chi connectivity index (χ0v) is 15.8. The number of hydrogen-bond acceptors (Lipinski definition) is 5. The molecule has 0 bridgehead atoms. The lowest BCUT2D eigenvalue weighted by Crippen LogP contribution is -2.35. The van der Waals surface area contributed by atoms with Crippen molar-refractivity contribution in [2.75, 3.05) is 19.0 Å². The second-order valence-corrected chi connectivity index (χ2v) is 6.52. The molecule has 0 unspecified atom stereocenters. The molecule has 0 spiro atoms. The first-order valence-electron chi connectivity index (χ1n) is 9.09. The molecule has 2 aromatic carbocycles. The summed E-state index contributed by atoms with van der Waals surface area (Å²) in [6.07, 6.45) is 1.81. The Balaban J connectivity index is 1.94. The van der Waals surface area contributed by atoms with E-state index < -0.39 is 17.8 Å². The molecule has 0 amide bonds. The molecule has 146 valence electrons. The number of halogens is 1. The number of carbonyl (C=O) groups excluding carboxylic acids is 2. The fourth-order valence-corrected chi connectivity index (χ4v) is 3.41. The second kappa shape index (κ2) is 8.69. The molecular weight excluding hydrogens is 361 g/mol. The van der Waals surface area contributed by atoms with Crippen LogP contribution >= 0.6 is 0 Å². The third kappa shape index (κ3) is 4.39. The summed E-state index contributed by atoms with van der Waals surface area (Å²) in [5, 5.41) is 3.09. The normalized spacial score (nSPS) is 19.0. The molecular formula is C22H22FNO4. The van der Waals surface area contributed by atoms with E-state index in [2.05, 4.69) is 5.32 Å². The van der Waals surface area contributed by atoms with Gasteiger partial charge in [-0.25, -0.2) is 4.39 Å². The quantitative estimate of drug-likeness (QED) is 0.602. The van der Waals surface area contributed by atoms with E-state index in [1.54, 1.807) is 32.2 Å². The van der Waals surface area contributed by atoms with E-state index in [9.17, 15) is 14.0 Å². The molecule has 0 fully saturated rings. The van der Waals surface area contributed by atoms with Crippen LogP contribution in [0.1, 0.15) is 24.8 Å². The van der Waals surface area contributed by atoms with Crippen LogP contribution in [-0.4, -0.2) is 25.5 Å². The topological polar surface area (TPSA) is 64.6 Å². The molecule has 2 aromatic rings. The molecule has 0 radical (unpaired) electrons. The van der Waals surface area contributed by atoms with Gasteiger partial charge >= 0.3 is 5.97 Å². The number of esters is 1. The summed E-state index contributed by atoms with van der Waals surface area (Å²) in [6, 6.07) is 13.3. The number of methoxy groups -OCH3 is 1. The van der Waals surface area contributed by atoms with Crippen molar-refractivity contribution in [2.24, 2.45) is 5.92 Å². The van der Waals surface area contributed by atoms with Crippen molar-refractivity contribution in [1.29, 1.82) is 0 Å². The number of nitrogens with one attached hydrogen (secondary N) is 1. The first-order valence-corrected chi connectivity index (χ1v) is 9.09. The summed E-state index contributed by atoms with van der Waals surface area (Å²) < 4.78 is 23.9. The summed E-state index contributed by atoms with van der Waals surface area (Å²) in [7, 11) is 1.56. The number of carbonyl (C=O) groups is 2. The molecule has 2 atom stereocenters. The highest BCUT2D eigenvalue weighted by Crippen LogP contribution is 2.38. The number of allylic oxidation sites excluding steroid dienone is 2. The Hall–Kier alpha value is -3.15. The minimum absolute atomic E-state index is 0.200. The number of benzene rings is 2. The van der Waals surface area contributed by atoms with E-state index in [0.717, 1.165) is 5.56 Å². The van der Waals surface area contributed by atoms with Crippen molar-refractivity contribution < 1.29 is 23.5 Å². The van der Waals surface area contributed by atoms with E-state index in [4.69, 9.17) is 9.47 Å². The fraction of sp³-hybridized carbons (Fsp3) is 0.273. The zero-order valence-electron chi connectivity index (χ0n) is 15.8. The maximum absolute atomic E-state index is 13.5. The van der Waals surface area contributed by atoms with Crippen LogP contribution in [0.3, 0.4) is 0 Å². The van der Waals surface area contributed by atoms with Gasteiger partial charge in [0.05, 0.1) is 13.7 Å². The van der Waals surface area contributed by atoms with Gasteiger partial charge in [-0.15, -0.1) is 0 Å². The fourth-order valence-electron chi connectivity index (χ4n) is 3.41. The van der Waals surface area contributed by atoms with Crippen LogP contribution in [0.2, 0.25) is 0 Å². The number of ketones is 1. The van der Waals surface area contributed by atoms with Gasteiger partial charge in [0, 0.05) is 23.4 Å². The van der Waals surface area contributed by atoms with Crippen molar-refractivity contribution in [3.05, 3.63) is 71.7 Å². The predicted molar refractivity (Wildman–Crippen MR) is 104 cm³/mol. The molecule has 1 aliphatic rings. The molecule has 0 aromatic heterocycles. The van der Waals surface area contributed by atoms with Gasteiger partial charge in [0.1, 0.15) is 17.5 Å². The number of rotatable bonds is 6. The first kappa shape index (κ1) is 19.6. The summed E-state index contributed by atoms with van der Waals surface area (Å²) in [5.74, 6) is -1.95. The van der Waals surface area contributed by atoms with Gasteiger partial charge in [0.2, 0.25) is 0 Å². The van der Waals surface area contributed by atoms with E-state index in [0.29, 0.717) is 23.6 Å². The van der Waals surface area contributed by atoms with Gasteiger partial charge < -0.3 is 14.8 Å². The van der Waals surface area contributed by atoms with Crippen LogP contribution in [0.4, 0.5) is 10.1 Å². The zero-order chi connectivity index (χ0) is 20.1. The molecule has 5 nitrogen and oxygen atoms in total. The average molecular weight is 383 g/mol. The second-order valence-electron chi connectivity index (χ2n) is 6.52. The maximum atomic E-state index is 13.5. The minimum atomic E-state index is -0.926. The number of hydrogen-bond donors (Lipinski definition) is 1. The van der Waals surface area contributed by atoms with Gasteiger partial charge in [-0.05, 0) is 49.2 Å². The summed E-state index contributed by atoms with van der Waals surface area (Å²) in [4.78, 5) is 25.3. The largest absolute Gasteiger partial charge is 0.497 e. The SMILES string of the molecule is CCOC(=O)[C@H]1C(=O)C=C(Nc2cccc(F)c2)C[C@@H]1c1cccc(OC)c1. The van der Waals surface area contributed by atoms with E-state index in [-0.39, 0.29) is 18.2 Å². The van der Waals surface area contributed by atoms with Crippen molar-refractivity contribution in [2.45, 2.75) is 19.3 Å². The lowest BCUT2D eigenvalue weighted by Gasteiger charge is -2.30. The van der Waals surface area contributed by atoms with Crippen molar-refractivity contribution >= 4 is 17.4 Å². The van der Waals surface area contributed by atoms with Crippen molar-refractivity contribution in [3.8, 4) is 5.75 Å². The van der Waals surface area contributed by atoms with Gasteiger partial charge in [0.25, 0.3) is 0 Å². The van der Waals surface area contributed by atoms with Gasteiger partial charge in [-0.3, -0.25) is 9.59 Å². The van der Waals surface area contributed by atoms with Crippen LogP contribution in [0, 0.1) is 11.7 Å². The average Bonchev–Trinajstić information content (AvgIpc) is 2.67. The highest BCUT2D eigenvalue weighted by atomic mass is 19.1. The molecule has 1 aliphatic carbocycles. The van der Waals surface area contributed by atoms with Gasteiger partial charge in [0.15, 0.2) is 5.78 Å². The molecule has 1 N–H and O–H groups in total. The Morgan fingerprint density at radius 1 is 1.21 bits per heavy atom. The van der Waals surface area contributed by atoms with Crippen LogP contribution in [-0.2, 0) is 14.3 Å². The highest BCUT2D eigenvalue weighted by Gasteiger charge is 2.39. The molecule has 0 saturated carbocycles. The van der Waals surface area contributed by atoms with Crippen LogP contribution in [0.25, 0.3) is 0 Å². The third-order valence-electron chi connectivity index (χ3n) is 4.66. The monoisotopic (exact) mass is 383 g/mol. The lowest BCUT2D eigenvalue weighted by atomic mass is 9.76. The number of anilines is 1. The highest BCUT2D eigenvalue weighted by molar-refractivity contribution is 6.07.